The van der Waals surface area contributed by atoms with Crippen molar-refractivity contribution in [1.82, 2.24) is 18.7 Å². The van der Waals surface area contributed by atoms with Crippen molar-refractivity contribution in [1.29, 1.82) is 0 Å². The summed E-state index contributed by atoms with van der Waals surface area (Å²) in [5.41, 5.74) is 0.405. The van der Waals surface area contributed by atoms with E-state index in [9.17, 15) is 9.59 Å². The second-order valence-corrected chi connectivity index (χ2v) is 8.33. The summed E-state index contributed by atoms with van der Waals surface area (Å²) in [6.07, 6.45) is 1.36. The molecule has 3 atom stereocenters. The lowest BCUT2D eigenvalue weighted by atomic mass is 10.1. The second kappa shape index (κ2) is 7.59. The Kier molecular flexibility index (Phi) is 5.58. The maximum atomic E-state index is 12.8. The molecule has 2 aromatic rings. The molecule has 0 aromatic carbocycles. The Morgan fingerprint density at radius 3 is 2.37 bits per heavy atom. The summed E-state index contributed by atoms with van der Waals surface area (Å²) in [5.74, 6) is 1.39. The smallest absolute Gasteiger partial charge is 0.332 e. The molecule has 3 heterocycles. The first-order valence-corrected chi connectivity index (χ1v) is 9.83. The largest absolute Gasteiger partial charge is 0.364 e. The molecule has 1 saturated heterocycles. The van der Waals surface area contributed by atoms with Crippen LogP contribution >= 0.6 is 0 Å². The van der Waals surface area contributed by atoms with Crippen molar-refractivity contribution in [3.8, 4) is 0 Å². The zero-order valence-corrected chi connectivity index (χ0v) is 17.3. The highest BCUT2D eigenvalue weighted by Crippen LogP contribution is 2.14. The van der Waals surface area contributed by atoms with E-state index in [4.69, 9.17) is 9.72 Å². The van der Waals surface area contributed by atoms with Crippen molar-refractivity contribution in [3.05, 3.63) is 26.7 Å². The molecule has 0 aliphatic carbocycles. The third-order valence-electron chi connectivity index (χ3n) is 5.38. The number of ether oxygens (including phenoxy) is 1. The molecule has 2 aromatic heterocycles. The first-order valence-electron chi connectivity index (χ1n) is 9.83. The number of nitrogens with zero attached hydrogens (tertiary/aromatic N) is 4. The summed E-state index contributed by atoms with van der Waals surface area (Å²) in [4.78, 5) is 31.3. The number of imidazole rings is 1. The third-order valence-corrected chi connectivity index (χ3v) is 5.38. The second-order valence-electron chi connectivity index (χ2n) is 8.33. The number of quaternary nitrogens is 1. The summed E-state index contributed by atoms with van der Waals surface area (Å²) >= 11 is 0. The Hall–Kier alpha value is -1.93. The molecule has 0 amide bonds. The van der Waals surface area contributed by atoms with Crippen LogP contribution in [0.5, 0.6) is 0 Å². The molecule has 1 N–H and O–H groups in total. The minimum Gasteiger partial charge on any atom is -0.364 e. The van der Waals surface area contributed by atoms with Crippen molar-refractivity contribution in [2.75, 3.05) is 13.1 Å². The highest BCUT2D eigenvalue weighted by atomic mass is 16.5. The number of hydrogen-bond acceptors (Lipinski definition) is 4. The quantitative estimate of drug-likeness (QED) is 0.773. The van der Waals surface area contributed by atoms with Gasteiger partial charge in [0.25, 0.3) is 5.56 Å². The van der Waals surface area contributed by atoms with Gasteiger partial charge in [0, 0.05) is 20.6 Å². The van der Waals surface area contributed by atoms with Crippen LogP contribution in [0.1, 0.15) is 39.9 Å². The van der Waals surface area contributed by atoms with Crippen molar-refractivity contribution >= 4 is 11.2 Å². The van der Waals surface area contributed by atoms with E-state index in [0.717, 1.165) is 38.4 Å². The first kappa shape index (κ1) is 19.8. The molecule has 1 unspecified atom stereocenters. The Morgan fingerprint density at radius 2 is 1.78 bits per heavy atom. The van der Waals surface area contributed by atoms with E-state index in [-0.39, 0.29) is 23.5 Å². The molecule has 0 spiro atoms. The van der Waals surface area contributed by atoms with Gasteiger partial charge in [0.05, 0.1) is 0 Å². The standard InChI is InChI=1S/C19H31N5O3/c1-12(2)7-8-24-15(11-23-9-13(3)27-14(4)10-23)20-17-16(24)18(25)22(6)19(26)21(17)5/h12-14H,7-11H2,1-6H3/p+1/t13-,14+. The lowest BCUT2D eigenvalue weighted by Gasteiger charge is -2.32. The molecule has 8 nitrogen and oxygen atoms in total. The first-order chi connectivity index (χ1) is 12.7. The van der Waals surface area contributed by atoms with E-state index in [2.05, 4.69) is 27.7 Å². The van der Waals surface area contributed by atoms with Gasteiger partial charge in [0.2, 0.25) is 0 Å². The summed E-state index contributed by atoms with van der Waals surface area (Å²) in [6.45, 7) is 11.8. The van der Waals surface area contributed by atoms with E-state index in [1.807, 2.05) is 4.57 Å². The number of rotatable bonds is 5. The highest BCUT2D eigenvalue weighted by Gasteiger charge is 2.28. The van der Waals surface area contributed by atoms with Gasteiger partial charge < -0.3 is 14.2 Å². The molecule has 27 heavy (non-hydrogen) atoms. The Labute approximate surface area is 159 Å². The molecule has 0 bridgehead atoms. The molecule has 8 heteroatoms. The van der Waals surface area contributed by atoms with Crippen LogP contribution < -0.4 is 16.1 Å². The van der Waals surface area contributed by atoms with E-state index >= 15 is 0 Å². The number of nitrogens with one attached hydrogen (secondary N) is 1. The molecular formula is C19H32N5O3+. The van der Waals surface area contributed by atoms with Crippen LogP contribution in [0.25, 0.3) is 11.2 Å². The minimum atomic E-state index is -0.339. The van der Waals surface area contributed by atoms with Gasteiger partial charge in [-0.1, -0.05) is 13.8 Å². The number of aromatic nitrogens is 4. The van der Waals surface area contributed by atoms with Gasteiger partial charge in [-0.3, -0.25) is 13.9 Å². The fourth-order valence-corrected chi connectivity index (χ4v) is 4.01. The maximum absolute atomic E-state index is 12.8. The molecular weight excluding hydrogens is 346 g/mol. The average molecular weight is 378 g/mol. The lowest BCUT2D eigenvalue weighted by molar-refractivity contribution is -0.929. The molecule has 0 saturated carbocycles. The predicted molar refractivity (Wildman–Crippen MR) is 104 cm³/mol. The van der Waals surface area contributed by atoms with Crippen molar-refractivity contribution in [3.63, 3.8) is 0 Å². The summed E-state index contributed by atoms with van der Waals surface area (Å²) in [5, 5.41) is 0. The van der Waals surface area contributed by atoms with Crippen LogP contribution in [0, 0.1) is 5.92 Å². The summed E-state index contributed by atoms with van der Waals surface area (Å²) in [6, 6.07) is 0. The Morgan fingerprint density at radius 1 is 1.15 bits per heavy atom. The monoisotopic (exact) mass is 378 g/mol. The molecule has 150 valence electrons. The maximum Gasteiger partial charge on any atom is 0.332 e. The van der Waals surface area contributed by atoms with Crippen LogP contribution in [0.2, 0.25) is 0 Å². The van der Waals surface area contributed by atoms with Crippen molar-refractivity contribution in [2.45, 2.75) is 59.4 Å². The van der Waals surface area contributed by atoms with Gasteiger partial charge in [-0.15, -0.1) is 0 Å². The topological polar surface area (TPSA) is 75.5 Å². The van der Waals surface area contributed by atoms with E-state index in [0.29, 0.717) is 17.1 Å². The summed E-state index contributed by atoms with van der Waals surface area (Å²) < 4.78 is 10.5. The van der Waals surface area contributed by atoms with E-state index in [1.165, 1.54) is 21.1 Å². The number of fused-ring (bicyclic) bond motifs is 1. The SMILES string of the molecule is CC(C)CCn1c(C[NH+]2C[C@@H](C)O[C@@H](C)C2)nc2c1c(=O)n(C)c(=O)n2C. The van der Waals surface area contributed by atoms with Gasteiger partial charge in [0.1, 0.15) is 31.8 Å². The lowest BCUT2D eigenvalue weighted by Crippen LogP contribution is -3.14. The van der Waals surface area contributed by atoms with E-state index in [1.54, 1.807) is 7.05 Å². The van der Waals surface area contributed by atoms with Crippen LogP contribution in [0.4, 0.5) is 0 Å². The van der Waals surface area contributed by atoms with Crippen LogP contribution in [-0.4, -0.2) is 44.0 Å². The van der Waals surface area contributed by atoms with Crippen LogP contribution in [-0.2, 0) is 31.9 Å². The Bertz CT molecular complexity index is 929. The molecule has 1 fully saturated rings. The zero-order valence-electron chi connectivity index (χ0n) is 17.3. The number of morpholine rings is 1. The van der Waals surface area contributed by atoms with Gasteiger partial charge in [-0.25, -0.2) is 9.78 Å². The van der Waals surface area contributed by atoms with Crippen LogP contribution in [0.3, 0.4) is 0 Å². The molecule has 1 aliphatic heterocycles. The number of hydrogen-bond donors (Lipinski definition) is 1. The fourth-order valence-electron chi connectivity index (χ4n) is 4.01. The Balaban J connectivity index is 2.09. The summed E-state index contributed by atoms with van der Waals surface area (Å²) in [7, 11) is 3.21. The zero-order chi connectivity index (χ0) is 19.9. The van der Waals surface area contributed by atoms with Crippen LogP contribution in [0.15, 0.2) is 9.59 Å². The van der Waals surface area contributed by atoms with Gasteiger partial charge >= 0.3 is 5.69 Å². The third kappa shape index (κ3) is 3.87. The van der Waals surface area contributed by atoms with Gasteiger partial charge in [-0.2, -0.15) is 0 Å². The highest BCUT2D eigenvalue weighted by molar-refractivity contribution is 5.71. The fraction of sp³-hybridized carbons (Fsp3) is 0.737. The normalized spacial score (nSPS) is 23.4. The average Bonchev–Trinajstić information content (AvgIpc) is 2.93. The molecule has 0 radical (unpaired) electrons. The predicted octanol–water partition coefficient (Wildman–Crippen LogP) is -0.328. The minimum absolute atomic E-state index is 0.203. The van der Waals surface area contributed by atoms with Crippen molar-refractivity contribution < 1.29 is 9.64 Å². The van der Waals surface area contributed by atoms with Gasteiger partial charge in [0.15, 0.2) is 17.0 Å². The van der Waals surface area contributed by atoms with Crippen molar-refractivity contribution in [2.24, 2.45) is 20.0 Å². The molecule has 3 rings (SSSR count). The van der Waals surface area contributed by atoms with E-state index < -0.39 is 0 Å². The number of aryl methyl sites for hydroxylation is 2. The van der Waals surface area contributed by atoms with Gasteiger partial charge in [-0.05, 0) is 26.2 Å². The molecule has 1 aliphatic rings.